The zero-order chi connectivity index (χ0) is 23.2. The average Bonchev–Trinajstić information content (AvgIpc) is 3.12. The van der Waals surface area contributed by atoms with Crippen molar-refractivity contribution < 1.29 is 31.1 Å². The molecule has 1 amide bonds. The summed E-state index contributed by atoms with van der Waals surface area (Å²) in [6, 6.07) is 9.48. The Kier molecular flexibility index (Phi) is 5.77. The number of nitrogens with one attached hydrogen (secondary N) is 1. The molecule has 1 atom stereocenters. The van der Waals surface area contributed by atoms with Gasteiger partial charge in [-0.05, 0) is 30.3 Å². The lowest BCUT2D eigenvalue weighted by Crippen LogP contribution is -2.28. The summed E-state index contributed by atoms with van der Waals surface area (Å²) in [7, 11) is -2.71. The highest BCUT2D eigenvalue weighted by molar-refractivity contribution is 7.99. The topological polar surface area (TPSA) is 90.3 Å². The lowest BCUT2D eigenvalue weighted by molar-refractivity contribution is -0.117. The number of methoxy groups -OCH3 is 1. The van der Waals surface area contributed by atoms with Crippen LogP contribution in [0.25, 0.3) is 16.9 Å². The van der Waals surface area contributed by atoms with Crippen molar-refractivity contribution in [3.05, 3.63) is 59.5 Å². The first-order valence-corrected chi connectivity index (χ1v) is 11.5. The van der Waals surface area contributed by atoms with Crippen molar-refractivity contribution >= 4 is 27.7 Å². The Morgan fingerprint density at radius 3 is 2.50 bits per heavy atom. The van der Waals surface area contributed by atoms with Gasteiger partial charge in [0.2, 0.25) is 5.91 Å². The summed E-state index contributed by atoms with van der Waals surface area (Å²) in [6.07, 6.45) is -2.90. The Bertz CT molecular complexity index is 1310. The first-order chi connectivity index (χ1) is 15.1. The number of aromatic nitrogens is 2. The number of carbonyl (C=O) groups excluding carboxylic acids is 1. The highest BCUT2D eigenvalue weighted by Crippen LogP contribution is 2.53. The van der Waals surface area contributed by atoms with E-state index in [0.29, 0.717) is 5.56 Å². The number of sulfonamides is 1. The molecular formula is C20H16F3N3O4S2. The number of thioether (sulfide) groups is 1. The number of ether oxygens (including phenoxy) is 1. The van der Waals surface area contributed by atoms with Crippen LogP contribution in [0.15, 0.2) is 52.3 Å². The van der Waals surface area contributed by atoms with Crippen LogP contribution in [0, 0.1) is 5.82 Å². The summed E-state index contributed by atoms with van der Waals surface area (Å²) < 4.78 is 74.9. The lowest BCUT2D eigenvalue weighted by atomic mass is 10.0. The van der Waals surface area contributed by atoms with Crippen LogP contribution in [-0.4, -0.2) is 31.2 Å². The number of rotatable bonds is 5. The smallest absolute Gasteiger partial charge is 0.283 e. The van der Waals surface area contributed by atoms with Gasteiger partial charge in [-0.15, -0.1) is 0 Å². The van der Waals surface area contributed by atoms with Crippen molar-refractivity contribution in [2.24, 2.45) is 0 Å². The second-order valence-electron chi connectivity index (χ2n) is 6.82. The van der Waals surface area contributed by atoms with E-state index in [-0.39, 0.29) is 26.7 Å². The molecule has 0 saturated heterocycles. The summed E-state index contributed by atoms with van der Waals surface area (Å²) in [6.45, 7) is 1.06. The number of hydrogen-bond donors (Lipinski definition) is 1. The largest absolute Gasteiger partial charge is 0.366 e. The normalized spacial score (nSPS) is 15.4. The number of benzene rings is 2. The van der Waals surface area contributed by atoms with Gasteiger partial charge in [-0.25, -0.2) is 31.0 Å². The number of fused-ring (bicyclic) bond motifs is 3. The van der Waals surface area contributed by atoms with E-state index in [2.05, 4.69) is 5.10 Å². The van der Waals surface area contributed by atoms with Gasteiger partial charge in [0.15, 0.2) is 0 Å². The van der Waals surface area contributed by atoms with E-state index in [0.717, 1.165) is 18.7 Å². The number of nitrogens with zero attached hydrogens (tertiary/aromatic N) is 2. The SMILES string of the molecule is COC1Sc2c(C(F)F)nn(-c3ccc(S(=O)(=O)NC(C)=O)cc3)c2-c2cccc(F)c21. The number of hydrogen-bond acceptors (Lipinski definition) is 6. The highest BCUT2D eigenvalue weighted by atomic mass is 32.2. The summed E-state index contributed by atoms with van der Waals surface area (Å²) in [5.41, 5.74) is -0.234. The fourth-order valence-electron chi connectivity index (χ4n) is 3.43. The van der Waals surface area contributed by atoms with Gasteiger partial charge in [0.25, 0.3) is 16.4 Å². The maximum atomic E-state index is 14.6. The Balaban J connectivity index is 1.89. The Hall–Kier alpha value is -2.83. The summed E-state index contributed by atoms with van der Waals surface area (Å²) >= 11 is 0.930. The molecule has 2 aromatic carbocycles. The third-order valence-corrected chi connectivity index (χ3v) is 7.46. The lowest BCUT2D eigenvalue weighted by Gasteiger charge is -2.25. The van der Waals surface area contributed by atoms with Crippen molar-refractivity contribution in [1.82, 2.24) is 14.5 Å². The first-order valence-electron chi connectivity index (χ1n) is 9.17. The van der Waals surface area contributed by atoms with E-state index in [4.69, 9.17) is 4.74 Å². The van der Waals surface area contributed by atoms with Crippen LogP contribution in [0.2, 0.25) is 0 Å². The molecule has 0 spiro atoms. The predicted octanol–water partition coefficient (Wildman–Crippen LogP) is 4.19. The number of amides is 1. The van der Waals surface area contributed by atoms with Gasteiger partial charge in [-0.2, -0.15) is 5.10 Å². The third kappa shape index (κ3) is 3.78. The monoisotopic (exact) mass is 483 g/mol. The van der Waals surface area contributed by atoms with Crippen molar-refractivity contribution in [2.45, 2.75) is 28.6 Å². The Morgan fingerprint density at radius 1 is 1.22 bits per heavy atom. The standard InChI is InChI=1S/C20H16F3N3O4S2/c1-10(27)25-32(28,29)12-8-6-11(7-9-12)26-17-13-4-3-5-14(21)15(13)20(30-2)31-18(17)16(24-26)19(22)23/h3-9,19-20H,1-2H3,(H,25,27). The maximum Gasteiger partial charge on any atom is 0.283 e. The molecule has 32 heavy (non-hydrogen) atoms. The number of carbonyl (C=O) groups is 1. The van der Waals surface area contributed by atoms with Gasteiger partial charge in [0.05, 0.1) is 21.2 Å². The van der Waals surface area contributed by atoms with Crippen molar-refractivity contribution in [2.75, 3.05) is 7.11 Å². The first kappa shape index (κ1) is 22.4. The van der Waals surface area contributed by atoms with Crippen LogP contribution in [-0.2, 0) is 19.6 Å². The maximum absolute atomic E-state index is 14.6. The van der Waals surface area contributed by atoms with Gasteiger partial charge >= 0.3 is 0 Å². The van der Waals surface area contributed by atoms with Crippen LogP contribution in [0.5, 0.6) is 0 Å². The molecule has 1 aliphatic rings. The van der Waals surface area contributed by atoms with Gasteiger partial charge in [0, 0.05) is 25.2 Å². The Morgan fingerprint density at radius 2 is 1.91 bits per heavy atom. The third-order valence-electron chi connectivity index (χ3n) is 4.73. The second-order valence-corrected chi connectivity index (χ2v) is 9.57. The molecule has 1 N–H and O–H groups in total. The molecule has 12 heteroatoms. The van der Waals surface area contributed by atoms with E-state index in [1.165, 1.54) is 48.2 Å². The quantitative estimate of drug-likeness (QED) is 0.585. The predicted molar refractivity (Wildman–Crippen MR) is 111 cm³/mol. The molecule has 1 unspecified atom stereocenters. The summed E-state index contributed by atoms with van der Waals surface area (Å²) in [4.78, 5) is 11.1. The molecule has 0 radical (unpaired) electrons. The minimum atomic E-state index is -4.07. The molecule has 0 fully saturated rings. The molecular weight excluding hydrogens is 467 g/mol. The molecule has 7 nitrogen and oxygen atoms in total. The van der Waals surface area contributed by atoms with Crippen LogP contribution >= 0.6 is 11.8 Å². The average molecular weight is 483 g/mol. The molecule has 2 heterocycles. The van der Waals surface area contributed by atoms with E-state index >= 15 is 0 Å². The van der Waals surface area contributed by atoms with Gasteiger partial charge < -0.3 is 4.74 Å². The van der Waals surface area contributed by atoms with Crippen molar-refractivity contribution in [3.63, 3.8) is 0 Å². The molecule has 1 aromatic heterocycles. The molecule has 3 aromatic rings. The van der Waals surface area contributed by atoms with Crippen LogP contribution in [0.1, 0.15) is 30.0 Å². The molecule has 1 aliphatic heterocycles. The van der Waals surface area contributed by atoms with Gasteiger partial charge in [-0.3, -0.25) is 4.79 Å². The highest BCUT2D eigenvalue weighted by Gasteiger charge is 2.36. The zero-order valence-electron chi connectivity index (χ0n) is 16.7. The number of halogens is 3. The fraction of sp³-hybridized carbons (Fsp3) is 0.200. The van der Waals surface area contributed by atoms with Crippen LogP contribution < -0.4 is 4.72 Å². The van der Waals surface area contributed by atoms with E-state index < -0.39 is 39.3 Å². The van der Waals surface area contributed by atoms with Crippen LogP contribution in [0.4, 0.5) is 13.2 Å². The molecule has 0 aliphatic carbocycles. The molecule has 168 valence electrons. The van der Waals surface area contributed by atoms with E-state index in [9.17, 15) is 26.4 Å². The molecule has 0 bridgehead atoms. The summed E-state index contributed by atoms with van der Waals surface area (Å²) in [5.74, 6) is -1.30. The number of alkyl halides is 2. The minimum Gasteiger partial charge on any atom is -0.366 e. The van der Waals surface area contributed by atoms with E-state index in [1.807, 2.05) is 4.72 Å². The fourth-order valence-corrected chi connectivity index (χ4v) is 5.65. The minimum absolute atomic E-state index is 0.153. The zero-order valence-corrected chi connectivity index (χ0v) is 18.3. The van der Waals surface area contributed by atoms with E-state index in [1.54, 1.807) is 6.07 Å². The summed E-state index contributed by atoms with van der Waals surface area (Å²) in [5, 5.41) is 4.05. The molecule has 0 saturated carbocycles. The van der Waals surface area contributed by atoms with Crippen LogP contribution in [0.3, 0.4) is 0 Å². The van der Waals surface area contributed by atoms with Gasteiger partial charge in [-0.1, -0.05) is 23.9 Å². The molecule has 4 rings (SSSR count). The van der Waals surface area contributed by atoms with Crippen molar-refractivity contribution in [1.29, 1.82) is 0 Å². The Labute approximate surface area is 185 Å². The van der Waals surface area contributed by atoms with Gasteiger partial charge in [0.1, 0.15) is 16.9 Å². The van der Waals surface area contributed by atoms with Crippen molar-refractivity contribution in [3.8, 4) is 16.9 Å². The second kappa shape index (κ2) is 8.26.